The predicted octanol–water partition coefficient (Wildman–Crippen LogP) is 8.50. The summed E-state index contributed by atoms with van der Waals surface area (Å²) >= 11 is 11.4. The van der Waals surface area contributed by atoms with Crippen molar-refractivity contribution in [1.82, 2.24) is 0 Å². The van der Waals surface area contributed by atoms with E-state index in [1.54, 1.807) is 74.9 Å². The van der Waals surface area contributed by atoms with Crippen LogP contribution in [-0.4, -0.2) is 35.5 Å². The van der Waals surface area contributed by atoms with Crippen LogP contribution in [0.25, 0.3) is 11.1 Å². The molecule has 0 aromatic heterocycles. The molecule has 0 atom stereocenters. The minimum absolute atomic E-state index is 0.261. The van der Waals surface area contributed by atoms with Gasteiger partial charge in [0.15, 0.2) is 0 Å². The Kier molecular flexibility index (Phi) is 22.1. The molecule has 0 radical (unpaired) electrons. The third kappa shape index (κ3) is 16.4. The summed E-state index contributed by atoms with van der Waals surface area (Å²) in [5, 5.41) is 29.0. The number of aryl methyl sites for hydroxylation is 4. The van der Waals surface area contributed by atoms with Crippen molar-refractivity contribution in [3.05, 3.63) is 118 Å². The Morgan fingerprint density at radius 2 is 0.932 bits per heavy atom. The van der Waals surface area contributed by atoms with Crippen LogP contribution in [0.2, 0.25) is 10.0 Å². The van der Waals surface area contributed by atoms with Gasteiger partial charge in [0.05, 0.1) is 0 Å². The summed E-state index contributed by atoms with van der Waals surface area (Å²) in [5.41, 5.74) is 6.00. The van der Waals surface area contributed by atoms with E-state index in [4.69, 9.17) is 42.3 Å². The van der Waals surface area contributed by atoms with Crippen LogP contribution in [0.1, 0.15) is 29.2 Å². The Bertz CT molecular complexity index is 1440. The number of carbonyl (C=O) groups excluding carboxylic acids is 1. The molecule has 4 aromatic carbocycles. The number of rotatable bonds is 2. The molecule has 44 heavy (non-hydrogen) atoms. The van der Waals surface area contributed by atoms with Gasteiger partial charge in [-0.25, -0.2) is 0 Å². The predicted molar refractivity (Wildman–Crippen MR) is 171 cm³/mol. The maximum absolute atomic E-state index is 10.6. The SMILES string of the molecule is CC(=O)Oc1ccc(Cl)c(C)c1.COC.Cc1cc(O)ccc1-c1ccc(O)cc1C.Cc1cc(O)ccc1Cl.[C-]#[O+].[C-]#[O+]. The quantitative estimate of drug-likeness (QED) is 0.0868. The third-order valence-electron chi connectivity index (χ3n) is 5.24. The first-order chi connectivity index (χ1) is 20.8. The number of methoxy groups -OCH3 is 1. The fourth-order valence-electron chi connectivity index (χ4n) is 3.38. The van der Waals surface area contributed by atoms with Crippen LogP contribution in [0.5, 0.6) is 23.0 Å². The van der Waals surface area contributed by atoms with E-state index in [-0.39, 0.29) is 23.2 Å². The van der Waals surface area contributed by atoms with Gasteiger partial charge in [-0.05, 0) is 122 Å². The second-order valence-electron chi connectivity index (χ2n) is 8.84. The summed E-state index contributed by atoms with van der Waals surface area (Å²) < 4.78 is 24.1. The molecule has 0 aliphatic carbocycles. The van der Waals surface area contributed by atoms with Gasteiger partial charge in [-0.1, -0.05) is 35.3 Å². The monoisotopic (exact) mass is 642 g/mol. The summed E-state index contributed by atoms with van der Waals surface area (Å²) in [4.78, 5) is 10.6. The van der Waals surface area contributed by atoms with E-state index >= 15 is 0 Å². The molecule has 234 valence electrons. The average Bonchev–Trinajstić information content (AvgIpc) is 2.97. The zero-order chi connectivity index (χ0) is 34.4. The van der Waals surface area contributed by atoms with Crippen molar-refractivity contribution in [3.63, 3.8) is 0 Å². The minimum atomic E-state index is -0.322. The van der Waals surface area contributed by atoms with E-state index in [9.17, 15) is 15.0 Å². The molecule has 8 nitrogen and oxygen atoms in total. The molecule has 0 saturated heterocycles. The van der Waals surface area contributed by atoms with Gasteiger partial charge in [-0.15, -0.1) is 0 Å². The molecule has 0 fully saturated rings. The standard InChI is InChI=1S/C14H14O2.C9H9ClO2.C7H7ClO.C2H6O.2CO/c1-9-7-11(15)3-5-13(9)14-6-4-12(16)8-10(14)2;1-6-5-8(12-7(2)11)3-4-9(6)10;1-5-4-6(9)2-3-7(5)8;1-3-2;2*1-2/h3-8,15-16H,1-2H3;3-5H,1-2H3;2-4,9H,1H3;1-2H3;;. The summed E-state index contributed by atoms with van der Waals surface area (Å²) in [5.74, 6) is 1.02. The number of ether oxygens (including phenoxy) is 2. The Morgan fingerprint density at radius 1 is 0.614 bits per heavy atom. The molecular formula is C34H36Cl2O8. The van der Waals surface area contributed by atoms with Gasteiger partial charge in [0.25, 0.3) is 0 Å². The molecule has 0 heterocycles. The van der Waals surface area contributed by atoms with Crippen molar-refractivity contribution in [2.24, 2.45) is 0 Å². The third-order valence-corrected chi connectivity index (χ3v) is 6.09. The van der Waals surface area contributed by atoms with Crippen LogP contribution in [0.15, 0.2) is 72.8 Å². The van der Waals surface area contributed by atoms with Crippen LogP contribution < -0.4 is 4.74 Å². The second kappa shape index (κ2) is 23.3. The van der Waals surface area contributed by atoms with Crippen molar-refractivity contribution < 1.29 is 38.9 Å². The molecule has 0 bridgehead atoms. The van der Waals surface area contributed by atoms with Crippen molar-refractivity contribution in [2.45, 2.75) is 34.6 Å². The molecule has 4 aromatic rings. The Morgan fingerprint density at radius 3 is 1.23 bits per heavy atom. The van der Waals surface area contributed by atoms with Crippen LogP contribution in [-0.2, 0) is 18.8 Å². The number of phenols is 3. The van der Waals surface area contributed by atoms with E-state index in [1.807, 2.05) is 39.8 Å². The van der Waals surface area contributed by atoms with Crippen molar-refractivity contribution in [1.29, 1.82) is 0 Å². The van der Waals surface area contributed by atoms with E-state index in [0.717, 1.165) is 33.4 Å². The number of hydrogen-bond donors (Lipinski definition) is 3. The zero-order valence-corrected chi connectivity index (χ0v) is 27.1. The number of esters is 1. The molecule has 0 unspecified atom stereocenters. The van der Waals surface area contributed by atoms with Crippen LogP contribution >= 0.6 is 23.2 Å². The first-order valence-electron chi connectivity index (χ1n) is 12.6. The van der Waals surface area contributed by atoms with Gasteiger partial charge in [0.2, 0.25) is 0 Å². The Balaban J connectivity index is 0. The number of hydrogen-bond acceptors (Lipinski definition) is 6. The van der Waals surface area contributed by atoms with Crippen molar-refractivity contribution in [3.8, 4) is 34.1 Å². The molecule has 3 N–H and O–H groups in total. The summed E-state index contributed by atoms with van der Waals surface area (Å²) in [6, 6.07) is 20.6. The Hall–Kier alpha value is -4.23. The van der Waals surface area contributed by atoms with Gasteiger partial charge in [0.1, 0.15) is 23.0 Å². The molecule has 0 saturated carbocycles. The average molecular weight is 644 g/mol. The zero-order valence-electron chi connectivity index (χ0n) is 25.6. The molecule has 0 amide bonds. The number of phenolic OH excluding ortho intramolecular Hbond substituents is 3. The fraction of sp³-hybridized carbons (Fsp3) is 0.206. The molecular weight excluding hydrogens is 607 g/mol. The van der Waals surface area contributed by atoms with Crippen LogP contribution in [0.3, 0.4) is 0 Å². The molecule has 0 spiro atoms. The van der Waals surface area contributed by atoms with Gasteiger partial charge >= 0.3 is 28.6 Å². The normalized spacial score (nSPS) is 8.84. The first-order valence-corrected chi connectivity index (χ1v) is 13.3. The first kappa shape index (κ1) is 41.9. The topological polar surface area (TPSA) is 136 Å². The van der Waals surface area contributed by atoms with Gasteiger partial charge in [-0.3, -0.25) is 4.79 Å². The fourth-order valence-corrected chi connectivity index (χ4v) is 3.61. The molecule has 0 aliphatic heterocycles. The number of halogens is 2. The molecule has 10 heteroatoms. The van der Waals surface area contributed by atoms with Crippen LogP contribution in [0.4, 0.5) is 0 Å². The van der Waals surface area contributed by atoms with Gasteiger partial charge in [-0.2, -0.15) is 0 Å². The number of benzene rings is 4. The summed E-state index contributed by atoms with van der Waals surface area (Å²) in [6.45, 7) is 18.0. The van der Waals surface area contributed by atoms with Gasteiger partial charge < -0.3 is 24.8 Å². The van der Waals surface area contributed by atoms with Crippen molar-refractivity contribution in [2.75, 3.05) is 14.2 Å². The summed E-state index contributed by atoms with van der Waals surface area (Å²) in [6.07, 6.45) is 0. The van der Waals surface area contributed by atoms with E-state index in [0.29, 0.717) is 15.8 Å². The number of carbonyl (C=O) groups is 1. The second-order valence-corrected chi connectivity index (χ2v) is 9.66. The summed E-state index contributed by atoms with van der Waals surface area (Å²) in [7, 11) is 3.25. The van der Waals surface area contributed by atoms with E-state index in [1.165, 1.54) is 6.92 Å². The van der Waals surface area contributed by atoms with E-state index in [2.05, 4.69) is 18.0 Å². The Labute approximate surface area is 268 Å². The molecule has 4 rings (SSSR count). The van der Waals surface area contributed by atoms with Gasteiger partial charge in [0, 0.05) is 31.2 Å². The van der Waals surface area contributed by atoms with Crippen LogP contribution in [0, 0.1) is 41.0 Å². The van der Waals surface area contributed by atoms with E-state index < -0.39 is 0 Å². The molecule has 0 aliphatic rings. The van der Waals surface area contributed by atoms with Crippen molar-refractivity contribution >= 4 is 29.2 Å². The number of aromatic hydroxyl groups is 3. The maximum atomic E-state index is 10.6.